The third-order valence-electron chi connectivity index (χ3n) is 5.20. The molecule has 2 fully saturated rings. The molecule has 0 atom stereocenters. The van der Waals surface area contributed by atoms with Crippen LogP contribution in [0, 0.1) is 15.5 Å². The lowest BCUT2D eigenvalue weighted by molar-refractivity contribution is -0.385. The molecule has 2 heterocycles. The lowest BCUT2D eigenvalue weighted by atomic mass is 9.78. The molecule has 1 N–H and O–H groups in total. The van der Waals surface area contributed by atoms with E-state index in [9.17, 15) is 14.9 Å². The van der Waals surface area contributed by atoms with Gasteiger partial charge in [-0.1, -0.05) is 11.6 Å². The molecular weight excluding hydrogens is 346 g/mol. The van der Waals surface area contributed by atoms with Gasteiger partial charge in [-0.2, -0.15) is 0 Å². The summed E-state index contributed by atoms with van der Waals surface area (Å²) in [7, 11) is 0. The van der Waals surface area contributed by atoms with E-state index < -0.39 is 4.92 Å². The van der Waals surface area contributed by atoms with Crippen molar-refractivity contribution < 1.29 is 14.5 Å². The van der Waals surface area contributed by atoms with Gasteiger partial charge in [0.25, 0.3) is 0 Å². The molecule has 1 aromatic carbocycles. The first kappa shape index (κ1) is 17.9. The molecule has 1 spiro atoms. The van der Waals surface area contributed by atoms with Gasteiger partial charge in [0.1, 0.15) is 0 Å². The van der Waals surface area contributed by atoms with Crippen LogP contribution >= 0.6 is 11.6 Å². The minimum atomic E-state index is -0.539. The average Bonchev–Trinajstić information content (AvgIpc) is 3.04. The lowest BCUT2D eigenvalue weighted by Crippen LogP contribution is -2.44. The SMILES string of the molecule is O=C(CCOc1ccc(Cl)cc1[N+](=O)[O-])N1CCC2(CCNC2)CC1. The Morgan fingerprint density at radius 2 is 2.12 bits per heavy atom. The van der Waals surface area contributed by atoms with Crippen LogP contribution in [0.3, 0.4) is 0 Å². The molecule has 0 aliphatic carbocycles. The van der Waals surface area contributed by atoms with E-state index in [0.717, 1.165) is 39.0 Å². The second-order valence-electron chi connectivity index (χ2n) is 6.78. The number of carbonyl (C=O) groups excluding carboxylic acids is 1. The van der Waals surface area contributed by atoms with Crippen LogP contribution in [-0.2, 0) is 4.79 Å². The molecule has 0 aromatic heterocycles. The number of nitrogens with zero attached hydrogens (tertiary/aromatic N) is 2. The normalized spacial score (nSPS) is 19.2. The summed E-state index contributed by atoms with van der Waals surface area (Å²) >= 11 is 5.77. The number of hydrogen-bond acceptors (Lipinski definition) is 5. The van der Waals surface area contributed by atoms with Crippen LogP contribution in [0.2, 0.25) is 5.02 Å². The van der Waals surface area contributed by atoms with Crippen LogP contribution in [0.1, 0.15) is 25.7 Å². The number of ether oxygens (including phenoxy) is 1. The minimum Gasteiger partial charge on any atom is -0.486 e. The van der Waals surface area contributed by atoms with Crippen molar-refractivity contribution in [3.8, 4) is 5.75 Å². The first-order chi connectivity index (χ1) is 12.0. The Balaban J connectivity index is 1.48. The quantitative estimate of drug-likeness (QED) is 0.638. The molecule has 7 nitrogen and oxygen atoms in total. The number of likely N-dealkylation sites (tertiary alicyclic amines) is 1. The Hall–Kier alpha value is -1.86. The number of nitrogens with one attached hydrogen (secondary N) is 1. The number of rotatable bonds is 5. The maximum Gasteiger partial charge on any atom is 0.312 e. The monoisotopic (exact) mass is 367 g/mol. The molecule has 1 aromatic rings. The first-order valence-corrected chi connectivity index (χ1v) is 8.92. The smallest absolute Gasteiger partial charge is 0.312 e. The summed E-state index contributed by atoms with van der Waals surface area (Å²) in [6.07, 6.45) is 3.48. The average molecular weight is 368 g/mol. The van der Waals surface area contributed by atoms with Crippen LogP contribution < -0.4 is 10.1 Å². The Labute approximate surface area is 151 Å². The standard InChI is InChI=1S/C17H22ClN3O4/c18-13-1-2-15(14(11-13)21(23)24)25-10-3-16(22)20-8-5-17(6-9-20)4-7-19-12-17/h1-2,11,19H,3-10,12H2. The largest absolute Gasteiger partial charge is 0.486 e. The Morgan fingerprint density at radius 3 is 2.76 bits per heavy atom. The molecule has 3 rings (SSSR count). The van der Waals surface area contributed by atoms with Crippen LogP contribution in [0.4, 0.5) is 5.69 Å². The summed E-state index contributed by atoms with van der Waals surface area (Å²) in [5.74, 6) is 0.175. The van der Waals surface area contributed by atoms with Crippen LogP contribution in [0.15, 0.2) is 18.2 Å². The number of amides is 1. The van der Waals surface area contributed by atoms with E-state index in [-0.39, 0.29) is 35.4 Å². The number of halogens is 1. The highest BCUT2D eigenvalue weighted by molar-refractivity contribution is 6.30. The molecule has 8 heteroatoms. The summed E-state index contributed by atoms with van der Waals surface area (Å²) in [4.78, 5) is 24.7. The topological polar surface area (TPSA) is 84.7 Å². The van der Waals surface area contributed by atoms with Gasteiger partial charge in [0.15, 0.2) is 5.75 Å². The van der Waals surface area contributed by atoms with Gasteiger partial charge in [-0.15, -0.1) is 0 Å². The minimum absolute atomic E-state index is 0.0393. The van der Waals surface area contributed by atoms with E-state index in [1.54, 1.807) is 0 Å². The summed E-state index contributed by atoms with van der Waals surface area (Å²) < 4.78 is 5.45. The van der Waals surface area contributed by atoms with E-state index in [1.807, 2.05) is 4.90 Å². The van der Waals surface area contributed by atoms with Crippen molar-refractivity contribution >= 4 is 23.2 Å². The Kier molecular flexibility index (Phi) is 5.44. The molecule has 2 aliphatic rings. The third kappa shape index (κ3) is 4.22. The number of carbonyl (C=O) groups is 1. The molecule has 2 aliphatic heterocycles. The van der Waals surface area contributed by atoms with Crippen LogP contribution in [0.5, 0.6) is 5.75 Å². The fourth-order valence-corrected chi connectivity index (χ4v) is 3.78. The zero-order valence-corrected chi connectivity index (χ0v) is 14.8. The Morgan fingerprint density at radius 1 is 1.36 bits per heavy atom. The van der Waals surface area contributed by atoms with Crippen molar-refractivity contribution in [2.45, 2.75) is 25.7 Å². The van der Waals surface area contributed by atoms with Crippen molar-refractivity contribution in [3.05, 3.63) is 33.3 Å². The lowest BCUT2D eigenvalue weighted by Gasteiger charge is -2.38. The maximum absolute atomic E-state index is 12.3. The summed E-state index contributed by atoms with van der Waals surface area (Å²) in [5.41, 5.74) is 0.186. The highest BCUT2D eigenvalue weighted by Gasteiger charge is 2.37. The van der Waals surface area contributed by atoms with Crippen LogP contribution in [0.25, 0.3) is 0 Å². The van der Waals surface area contributed by atoms with Crippen molar-refractivity contribution in [2.24, 2.45) is 5.41 Å². The second kappa shape index (κ2) is 7.58. The van der Waals surface area contributed by atoms with Gasteiger partial charge in [0.05, 0.1) is 18.0 Å². The van der Waals surface area contributed by atoms with E-state index >= 15 is 0 Å². The van der Waals surface area contributed by atoms with E-state index in [0.29, 0.717) is 5.41 Å². The van der Waals surface area contributed by atoms with Crippen molar-refractivity contribution in [3.63, 3.8) is 0 Å². The Bertz CT molecular complexity index is 651. The number of nitro groups is 1. The van der Waals surface area contributed by atoms with Crippen molar-refractivity contribution in [1.29, 1.82) is 0 Å². The second-order valence-corrected chi connectivity index (χ2v) is 7.21. The van der Waals surface area contributed by atoms with E-state index in [1.165, 1.54) is 24.6 Å². The van der Waals surface area contributed by atoms with Crippen LogP contribution in [-0.4, -0.2) is 48.5 Å². The molecule has 0 saturated carbocycles. The van der Waals surface area contributed by atoms with Gasteiger partial charge in [-0.05, 0) is 43.4 Å². The molecule has 0 bridgehead atoms. The first-order valence-electron chi connectivity index (χ1n) is 8.54. The summed E-state index contributed by atoms with van der Waals surface area (Å²) in [6.45, 7) is 3.80. The maximum atomic E-state index is 12.3. The van der Waals surface area contributed by atoms with Gasteiger partial charge in [-0.3, -0.25) is 14.9 Å². The molecular formula is C17H22ClN3O4. The van der Waals surface area contributed by atoms with E-state index in [4.69, 9.17) is 16.3 Å². The number of piperidine rings is 1. The highest BCUT2D eigenvalue weighted by atomic mass is 35.5. The number of hydrogen-bond donors (Lipinski definition) is 1. The molecule has 136 valence electrons. The predicted octanol–water partition coefficient (Wildman–Crippen LogP) is 2.62. The number of benzene rings is 1. The molecule has 1 amide bonds. The van der Waals surface area contributed by atoms with Gasteiger partial charge in [0.2, 0.25) is 5.91 Å². The summed E-state index contributed by atoms with van der Waals surface area (Å²) in [6, 6.07) is 4.24. The van der Waals surface area contributed by atoms with E-state index in [2.05, 4.69) is 5.32 Å². The fourth-order valence-electron chi connectivity index (χ4n) is 3.61. The zero-order valence-electron chi connectivity index (χ0n) is 14.0. The van der Waals surface area contributed by atoms with Gasteiger partial charge in [-0.25, -0.2) is 0 Å². The van der Waals surface area contributed by atoms with Crippen molar-refractivity contribution in [2.75, 3.05) is 32.8 Å². The molecule has 0 radical (unpaired) electrons. The third-order valence-corrected chi connectivity index (χ3v) is 5.44. The molecule has 25 heavy (non-hydrogen) atoms. The zero-order chi connectivity index (χ0) is 17.9. The summed E-state index contributed by atoms with van der Waals surface area (Å²) in [5, 5.41) is 14.7. The van der Waals surface area contributed by atoms with Gasteiger partial charge in [0, 0.05) is 30.7 Å². The fraction of sp³-hybridized carbons (Fsp3) is 0.588. The van der Waals surface area contributed by atoms with Gasteiger partial charge >= 0.3 is 5.69 Å². The number of nitro benzene ring substituents is 1. The molecule has 0 unspecified atom stereocenters. The van der Waals surface area contributed by atoms with Crippen molar-refractivity contribution in [1.82, 2.24) is 10.2 Å². The molecule has 2 saturated heterocycles. The highest BCUT2D eigenvalue weighted by Crippen LogP contribution is 2.37. The van der Waals surface area contributed by atoms with Gasteiger partial charge < -0.3 is 15.0 Å². The predicted molar refractivity (Wildman–Crippen MR) is 94.0 cm³/mol.